The van der Waals surface area contributed by atoms with E-state index in [1.165, 1.54) is 51.4 Å². The highest BCUT2D eigenvalue weighted by atomic mass is 35.5. The number of phenolic OH excluding ortho intramolecular Hbond substituents is 3. The number of methoxy groups -OCH3 is 1. The van der Waals surface area contributed by atoms with Crippen molar-refractivity contribution in [3.63, 3.8) is 0 Å². The number of ether oxygens (including phenoxy) is 5. The SMILES string of the molecule is CN[C@H](CC(C)C)C(=O)N[C@H]1C(=O)N[C@@H](CC(=O)NC(=O)Nc2ccc(CCOC)cc2)C(=O)NC2C(=O)N[C@H]3C(=O)N[C@H](C(=O)N[C@H](C(=O)NC4C5CC6CC(C5)CC4C6)c4cc(O)cc(O)c4-c4cc3ccc4O)[C@H](O)c3ccc(c(Cl)c3)Oc3cc2cc(c3O[C@@H]2O[C@H](CN)[C@@H](O)[C@H](O)[C@H]2O)Oc2ccc(cc2C)[C@H]1O. The molecule has 34 heteroatoms. The number of phenols is 3. The lowest BCUT2D eigenvalue weighted by Gasteiger charge is -2.54. The zero-order valence-electron chi connectivity index (χ0n) is 62.7. The summed E-state index contributed by atoms with van der Waals surface area (Å²) in [5.41, 5.74) is 5.34. The lowest BCUT2D eigenvalue weighted by molar-refractivity contribution is -0.270. The Kier molecular flexibility index (Phi) is 24.4. The molecule has 0 spiro atoms. The summed E-state index contributed by atoms with van der Waals surface area (Å²) < 4.78 is 31.0. The number of halogens is 1. The number of aromatic hydroxyl groups is 3. The van der Waals surface area contributed by atoms with Gasteiger partial charge in [0.15, 0.2) is 11.5 Å². The number of nitrogens with two attached hydrogens (primary N) is 1. The van der Waals surface area contributed by atoms with E-state index in [1.807, 2.05) is 13.8 Å². The first kappa shape index (κ1) is 81.3. The first-order chi connectivity index (χ1) is 54.4. The van der Waals surface area contributed by atoms with E-state index in [-0.39, 0.29) is 91.4 Å². The van der Waals surface area contributed by atoms with E-state index in [4.69, 9.17) is 41.0 Å². The van der Waals surface area contributed by atoms with Gasteiger partial charge in [0, 0.05) is 42.6 Å². The lowest BCUT2D eigenvalue weighted by Crippen LogP contribution is -2.60. The van der Waals surface area contributed by atoms with Gasteiger partial charge >= 0.3 is 6.03 Å². The lowest BCUT2D eigenvalue weighted by atomic mass is 9.54. The second kappa shape index (κ2) is 34.1. The topological polar surface area (TPSA) is 508 Å². The number of carbonyl (C=O) groups is 9. The van der Waals surface area contributed by atoms with Crippen molar-refractivity contribution in [1.29, 1.82) is 0 Å². The number of fused-ring (bicyclic) bond motifs is 15. The predicted octanol–water partition coefficient (Wildman–Crippen LogP) is 3.40. The molecule has 0 radical (unpaired) electrons. The number of aryl methyl sites for hydroxylation is 1. The van der Waals surface area contributed by atoms with Crippen LogP contribution in [0.25, 0.3) is 11.1 Å². The molecule has 15 bridgehead atoms. The minimum absolute atomic E-state index is 0.0382. The monoisotopic (exact) mass is 1590 g/mol. The summed E-state index contributed by atoms with van der Waals surface area (Å²) in [5, 5.41) is 121. The number of aliphatic hydroxyl groups excluding tert-OH is 5. The number of benzene rings is 6. The van der Waals surface area contributed by atoms with Crippen LogP contribution in [0, 0.1) is 36.5 Å². The van der Waals surface area contributed by atoms with Crippen molar-refractivity contribution in [2.24, 2.45) is 35.3 Å². The normalized spacial score (nSPS) is 28.0. The van der Waals surface area contributed by atoms with E-state index in [0.717, 1.165) is 86.2 Å². The Labute approximate surface area is 658 Å². The Hall–Kier alpha value is -10.7. The van der Waals surface area contributed by atoms with Crippen LogP contribution in [-0.4, -0.2) is 182 Å². The largest absolute Gasteiger partial charge is 0.508 e. The van der Waals surface area contributed by atoms with E-state index in [2.05, 4.69) is 53.2 Å². The van der Waals surface area contributed by atoms with Gasteiger partial charge in [-0.15, -0.1) is 0 Å². The Morgan fingerprint density at radius 3 is 1.94 bits per heavy atom. The van der Waals surface area contributed by atoms with Crippen LogP contribution >= 0.6 is 11.6 Å². The van der Waals surface area contributed by atoms with Gasteiger partial charge < -0.3 is 118 Å². The summed E-state index contributed by atoms with van der Waals surface area (Å²) in [5.74, 6) is -12.6. The molecular formula is C80H92ClN11O22. The molecule has 10 aliphatic rings. The maximum absolute atomic E-state index is 16.4. The molecule has 6 aromatic rings. The van der Waals surface area contributed by atoms with Gasteiger partial charge in [0.2, 0.25) is 59.3 Å². The van der Waals surface area contributed by atoms with Crippen molar-refractivity contribution < 1.29 is 108 Å². The van der Waals surface area contributed by atoms with Crippen molar-refractivity contribution in [2.75, 3.05) is 32.6 Å². The van der Waals surface area contributed by atoms with Crippen molar-refractivity contribution in [3.8, 4) is 57.1 Å². The van der Waals surface area contributed by atoms with Gasteiger partial charge in [0.05, 0.1) is 24.1 Å². The van der Waals surface area contributed by atoms with Gasteiger partial charge in [-0.05, 0) is 194 Å². The number of carbonyl (C=O) groups excluding carboxylic acids is 9. The van der Waals surface area contributed by atoms with Gasteiger partial charge in [-0.2, -0.15) is 0 Å². The Bertz CT molecular complexity index is 4690. The zero-order chi connectivity index (χ0) is 81.4. The third-order valence-electron chi connectivity index (χ3n) is 22.3. The third-order valence-corrected chi connectivity index (χ3v) is 22.6. The van der Waals surface area contributed by atoms with Crippen LogP contribution in [0.4, 0.5) is 10.5 Å². The highest BCUT2D eigenvalue weighted by Gasteiger charge is 2.51. The minimum atomic E-state index is -2.34. The molecule has 33 nitrogen and oxygen atoms in total. The van der Waals surface area contributed by atoms with E-state index >= 15 is 28.8 Å². The molecule has 5 fully saturated rings. The molecule has 10 amide bonds. The van der Waals surface area contributed by atoms with Gasteiger partial charge in [-0.1, -0.05) is 55.8 Å². The summed E-state index contributed by atoms with van der Waals surface area (Å²) in [6, 6.07) is 6.35. The van der Waals surface area contributed by atoms with Crippen molar-refractivity contribution in [2.45, 2.75) is 163 Å². The molecule has 1 saturated heterocycles. The van der Waals surface area contributed by atoms with Crippen LogP contribution in [0.2, 0.25) is 5.02 Å². The number of anilines is 1. The summed E-state index contributed by atoms with van der Waals surface area (Å²) in [6.45, 7) is 5.14. The van der Waals surface area contributed by atoms with E-state index in [9.17, 15) is 55.2 Å². The maximum Gasteiger partial charge on any atom is 0.325 e. The number of aliphatic hydroxyl groups is 5. The molecule has 4 saturated carbocycles. The quantitative estimate of drug-likeness (QED) is 0.0660. The molecule has 14 atom stereocenters. The number of nitrogens with one attached hydrogen (secondary N) is 10. The average Bonchev–Trinajstić information content (AvgIpc) is 0.759. The van der Waals surface area contributed by atoms with E-state index < -0.39 is 192 Å². The molecule has 6 heterocycles. The number of likely N-dealkylation sites (N-methyl/N-ethyl adjacent to an activating group) is 1. The molecule has 16 rings (SSSR count). The number of urea groups is 1. The molecule has 606 valence electrons. The Morgan fingerprint density at radius 2 is 1.29 bits per heavy atom. The number of hydrogen-bond donors (Lipinski definition) is 19. The van der Waals surface area contributed by atoms with E-state index in [1.54, 1.807) is 24.3 Å². The summed E-state index contributed by atoms with van der Waals surface area (Å²) in [6.07, 6.45) is -9.37. The summed E-state index contributed by atoms with van der Waals surface area (Å²) in [4.78, 5) is 137. The smallest absolute Gasteiger partial charge is 0.325 e. The van der Waals surface area contributed by atoms with Gasteiger partial charge in [0.25, 0.3) is 0 Å². The fourth-order valence-electron chi connectivity index (χ4n) is 16.7. The fourth-order valence-corrected chi connectivity index (χ4v) is 16.9. The number of imide groups is 1. The van der Waals surface area contributed by atoms with Crippen LogP contribution in [0.5, 0.6) is 46.0 Å². The Balaban J connectivity index is 0.991. The second-order valence-corrected chi connectivity index (χ2v) is 31.1. The highest BCUT2D eigenvalue weighted by Crippen LogP contribution is 2.55. The van der Waals surface area contributed by atoms with Gasteiger partial charge in [0.1, 0.15) is 102 Å². The number of rotatable bonds is 16. The molecule has 4 aliphatic carbocycles. The van der Waals surface area contributed by atoms with Crippen molar-refractivity contribution in [1.82, 2.24) is 47.9 Å². The van der Waals surface area contributed by atoms with Crippen LogP contribution in [0.1, 0.15) is 128 Å². The first-order valence-corrected chi connectivity index (χ1v) is 38.1. The minimum Gasteiger partial charge on any atom is -0.508 e. The molecule has 6 aromatic carbocycles. The molecule has 20 N–H and O–H groups in total. The van der Waals surface area contributed by atoms with Gasteiger partial charge in [-0.25, -0.2) is 4.79 Å². The van der Waals surface area contributed by atoms with E-state index in [0.29, 0.717) is 24.9 Å². The predicted molar refractivity (Wildman–Crippen MR) is 406 cm³/mol. The second-order valence-electron chi connectivity index (χ2n) is 30.7. The highest BCUT2D eigenvalue weighted by molar-refractivity contribution is 6.32. The zero-order valence-corrected chi connectivity index (χ0v) is 63.4. The standard InChI is InChI=1S/C80H92ClN11O22/c1-33(2)18-49(83-4)72(102)91-64-66(97)39-9-14-53(34(3)19-39)111-55-27-43-28-56(71(55)114-79-70(101)69(100)68(99)57(32-82)113-79)112-54-15-10-40(26-48(54)81)67(98)65-78(108)90-63(76(106)87-60-41-21-36-20-37(23-41)24-42(60)22-36)47-29-45(93)30-52(95)59(47)46-25-38(8-13-51(46)94)61(74(104)92-65)89-75(105)62(43)88-73(103)50(85-77(64)107)31-58(96)86-80(109)84-44-11-6-35(7-12-44)16-17-110-5/h6-15,19,25-30,33,36-37,41-42,49-50,57,60-70,79,83,93-95,97-101H,16-18,20-24,31-32,82H2,1-5H3,(H,85,107)(H,87,106)(H,88,103)(H,89,105)(H,90,108)(H,91,102)(H,92,104)(H2,84,86,96,109)/t36?,37?,41?,42?,49-,50+,57-,60?,61-,62?,63+,64-,65+,66-,67-,68-,69+,70-,79+/m1/s1. The van der Waals surface area contributed by atoms with Crippen LogP contribution in [0.15, 0.2) is 103 Å². The van der Waals surface area contributed by atoms with Crippen LogP contribution in [0.3, 0.4) is 0 Å². The molecular weight excluding hydrogens is 1500 g/mol. The number of hydrogen-bond acceptors (Lipinski definition) is 24. The van der Waals surface area contributed by atoms with Crippen molar-refractivity contribution >= 4 is 70.6 Å². The molecule has 1 unspecified atom stereocenters. The molecule has 0 aromatic heterocycles. The maximum atomic E-state index is 16.4. The number of amides is 10. The Morgan fingerprint density at radius 1 is 0.649 bits per heavy atom. The van der Waals surface area contributed by atoms with Crippen LogP contribution in [-0.2, 0) is 54.3 Å². The van der Waals surface area contributed by atoms with Crippen molar-refractivity contribution in [3.05, 3.63) is 147 Å². The third kappa shape index (κ3) is 17.4. The summed E-state index contributed by atoms with van der Waals surface area (Å²) >= 11 is 7.18. The fraction of sp³-hybridized carbons (Fsp3) is 0.438. The van der Waals surface area contributed by atoms with Crippen LogP contribution < -0.4 is 73.1 Å². The van der Waals surface area contributed by atoms with Gasteiger partial charge in [-0.3, -0.25) is 43.7 Å². The summed E-state index contributed by atoms with van der Waals surface area (Å²) in [7, 11) is 3.03. The molecule has 114 heavy (non-hydrogen) atoms. The first-order valence-electron chi connectivity index (χ1n) is 37.7. The molecule has 6 aliphatic heterocycles. The average molecular weight is 1600 g/mol.